The molecule has 0 atom stereocenters. The molecule has 0 radical (unpaired) electrons. The van der Waals surface area contributed by atoms with Crippen molar-refractivity contribution in [3.05, 3.63) is 60.7 Å². The lowest BCUT2D eigenvalue weighted by Gasteiger charge is -2.18. The number of carbonyl (C=O) groups is 1. The number of nitrogens with one attached hydrogen (secondary N) is 1. The molecule has 12 heteroatoms. The number of carbonyl (C=O) groups excluding carboxylic acids is 1. The maximum absolute atomic E-state index is 13.2. The van der Waals surface area contributed by atoms with Crippen molar-refractivity contribution in [2.24, 2.45) is 0 Å². The first kappa shape index (κ1) is 29.2. The average molecular weight is 585 g/mol. The highest BCUT2D eigenvalue weighted by Crippen LogP contribution is 2.34. The number of benzene rings is 3. The third-order valence-electron chi connectivity index (χ3n) is 6.26. The molecule has 0 unspecified atom stereocenters. The van der Waals surface area contributed by atoms with E-state index in [0.717, 1.165) is 5.69 Å². The second-order valence-corrected chi connectivity index (χ2v) is 11.4. The summed E-state index contributed by atoms with van der Waals surface area (Å²) in [5, 5.41) is 3.38. The summed E-state index contributed by atoms with van der Waals surface area (Å²) >= 11 is 1.23. The van der Waals surface area contributed by atoms with E-state index in [1.807, 2.05) is 28.8 Å². The molecule has 0 aliphatic heterocycles. The van der Waals surface area contributed by atoms with Crippen molar-refractivity contribution in [2.75, 3.05) is 45.5 Å². The molecule has 1 amide bonds. The van der Waals surface area contributed by atoms with E-state index in [-0.39, 0.29) is 16.6 Å². The molecule has 10 nitrogen and oxygen atoms in total. The van der Waals surface area contributed by atoms with Crippen molar-refractivity contribution in [2.45, 2.75) is 23.9 Å². The van der Waals surface area contributed by atoms with Crippen molar-refractivity contribution < 1.29 is 27.4 Å². The van der Waals surface area contributed by atoms with Crippen LogP contribution in [0.15, 0.2) is 70.7 Å². The Morgan fingerprint density at radius 3 is 2.30 bits per heavy atom. The van der Waals surface area contributed by atoms with E-state index in [4.69, 9.17) is 19.2 Å². The lowest BCUT2D eigenvalue weighted by atomic mass is 10.2. The van der Waals surface area contributed by atoms with Gasteiger partial charge in [-0.2, -0.15) is 4.31 Å². The Bertz CT molecular complexity index is 1620. The Balaban J connectivity index is 1.70. The standard InChI is InChI=1S/C28H32N4O6S2/c1-6-31(7-2)40(34,35)20-13-14-22-21(17-20)30-28(32(22)23-10-8-9-11-24(23)36-3)39-18-27(33)29-19-12-15-25(37-4)26(16-19)38-5/h8-17H,6-7,18H2,1-5H3,(H,29,33). The molecule has 0 saturated heterocycles. The molecule has 0 aliphatic rings. The highest BCUT2D eigenvalue weighted by molar-refractivity contribution is 7.99. The Kier molecular flexibility index (Phi) is 9.23. The quantitative estimate of drug-likeness (QED) is 0.236. The molecule has 4 aromatic rings. The van der Waals surface area contributed by atoms with Gasteiger partial charge in [-0.1, -0.05) is 37.7 Å². The van der Waals surface area contributed by atoms with Gasteiger partial charge in [-0.3, -0.25) is 9.36 Å². The molecule has 40 heavy (non-hydrogen) atoms. The number of amides is 1. The van der Waals surface area contributed by atoms with Crippen LogP contribution in [0.3, 0.4) is 0 Å². The molecule has 0 saturated carbocycles. The van der Waals surface area contributed by atoms with Gasteiger partial charge in [-0.25, -0.2) is 13.4 Å². The first-order valence-electron chi connectivity index (χ1n) is 12.6. The number of hydrogen-bond acceptors (Lipinski definition) is 8. The molecular formula is C28H32N4O6S2. The monoisotopic (exact) mass is 584 g/mol. The third kappa shape index (κ3) is 5.88. The van der Waals surface area contributed by atoms with Gasteiger partial charge >= 0.3 is 0 Å². The van der Waals surface area contributed by atoms with Crippen LogP contribution in [0.25, 0.3) is 16.7 Å². The molecule has 0 fully saturated rings. The first-order chi connectivity index (χ1) is 19.3. The highest BCUT2D eigenvalue weighted by Gasteiger charge is 2.24. The summed E-state index contributed by atoms with van der Waals surface area (Å²) in [5.41, 5.74) is 2.45. The molecule has 4 rings (SSSR count). The van der Waals surface area contributed by atoms with Crippen LogP contribution in [0, 0.1) is 0 Å². The van der Waals surface area contributed by atoms with Gasteiger partial charge in [0.25, 0.3) is 0 Å². The lowest BCUT2D eigenvalue weighted by Crippen LogP contribution is -2.30. The normalized spacial score (nSPS) is 11.6. The summed E-state index contributed by atoms with van der Waals surface area (Å²) < 4.78 is 45.8. The number of methoxy groups -OCH3 is 3. The fourth-order valence-corrected chi connectivity index (χ4v) is 6.60. The summed E-state index contributed by atoms with van der Waals surface area (Å²) in [6, 6.07) is 17.5. The molecule has 3 aromatic carbocycles. The van der Waals surface area contributed by atoms with E-state index in [2.05, 4.69) is 5.32 Å². The van der Waals surface area contributed by atoms with E-state index >= 15 is 0 Å². The van der Waals surface area contributed by atoms with Crippen molar-refractivity contribution in [3.63, 3.8) is 0 Å². The summed E-state index contributed by atoms with van der Waals surface area (Å²) in [4.78, 5) is 17.8. The van der Waals surface area contributed by atoms with Gasteiger partial charge in [0.15, 0.2) is 16.7 Å². The van der Waals surface area contributed by atoms with Gasteiger partial charge in [-0.05, 0) is 42.5 Å². The van der Waals surface area contributed by atoms with Gasteiger partial charge in [0.2, 0.25) is 15.9 Å². The van der Waals surface area contributed by atoms with Crippen LogP contribution < -0.4 is 19.5 Å². The van der Waals surface area contributed by atoms with E-state index < -0.39 is 10.0 Å². The maximum atomic E-state index is 13.2. The SMILES string of the molecule is CCN(CC)S(=O)(=O)c1ccc2c(c1)nc(SCC(=O)Nc1ccc(OC)c(OC)c1)n2-c1ccccc1OC. The largest absolute Gasteiger partial charge is 0.495 e. The number of nitrogens with zero attached hydrogens (tertiary/aromatic N) is 3. The summed E-state index contributed by atoms with van der Waals surface area (Å²) in [7, 11) is 0.976. The second-order valence-electron chi connectivity index (χ2n) is 8.55. The number of hydrogen-bond donors (Lipinski definition) is 1. The van der Waals surface area contributed by atoms with Crippen molar-refractivity contribution >= 4 is 44.4 Å². The van der Waals surface area contributed by atoms with Crippen molar-refractivity contribution in [1.82, 2.24) is 13.9 Å². The zero-order valence-corrected chi connectivity index (χ0v) is 24.6. The van der Waals surface area contributed by atoms with Crippen LogP contribution in [-0.2, 0) is 14.8 Å². The fraction of sp³-hybridized carbons (Fsp3) is 0.286. The van der Waals surface area contributed by atoms with Gasteiger partial charge in [-0.15, -0.1) is 0 Å². The third-order valence-corrected chi connectivity index (χ3v) is 9.25. The van der Waals surface area contributed by atoms with E-state index in [1.165, 1.54) is 23.2 Å². The number of thioether (sulfide) groups is 1. The highest BCUT2D eigenvalue weighted by atomic mass is 32.2. The molecule has 1 heterocycles. The number of sulfonamides is 1. The smallest absolute Gasteiger partial charge is 0.243 e. The van der Waals surface area contributed by atoms with Crippen LogP contribution in [0.1, 0.15) is 13.8 Å². The Morgan fingerprint density at radius 2 is 1.62 bits per heavy atom. The van der Waals surface area contributed by atoms with Crippen LogP contribution in [0.2, 0.25) is 0 Å². The zero-order chi connectivity index (χ0) is 28.9. The number of rotatable bonds is 12. The number of para-hydroxylation sites is 2. The first-order valence-corrected chi connectivity index (χ1v) is 15.0. The molecule has 1 N–H and O–H groups in total. The predicted octanol–water partition coefficient (Wildman–Crippen LogP) is 4.81. The number of ether oxygens (including phenoxy) is 3. The second kappa shape index (κ2) is 12.6. The molecule has 1 aromatic heterocycles. The number of aromatic nitrogens is 2. The Hall–Kier alpha value is -3.74. The van der Waals surface area contributed by atoms with Crippen LogP contribution in [0.5, 0.6) is 17.2 Å². The lowest BCUT2D eigenvalue weighted by molar-refractivity contribution is -0.113. The minimum atomic E-state index is -3.68. The average Bonchev–Trinajstić information content (AvgIpc) is 3.34. The van der Waals surface area contributed by atoms with Gasteiger partial charge in [0.1, 0.15) is 5.75 Å². The minimum absolute atomic E-state index is 0.0530. The molecule has 0 spiro atoms. The summed E-state index contributed by atoms with van der Waals surface area (Å²) in [5.74, 6) is 1.47. The van der Waals surface area contributed by atoms with E-state index in [1.54, 1.807) is 64.5 Å². The summed E-state index contributed by atoms with van der Waals surface area (Å²) in [6.07, 6.45) is 0. The van der Waals surface area contributed by atoms with Gasteiger partial charge in [0.05, 0.1) is 48.7 Å². The molecule has 212 valence electrons. The van der Waals surface area contributed by atoms with Crippen molar-refractivity contribution in [3.8, 4) is 22.9 Å². The summed E-state index contributed by atoms with van der Waals surface area (Å²) in [6.45, 7) is 4.33. The van der Waals surface area contributed by atoms with Crippen molar-refractivity contribution in [1.29, 1.82) is 0 Å². The Labute approximate surface area is 238 Å². The van der Waals surface area contributed by atoms with E-state index in [9.17, 15) is 13.2 Å². The molecular weight excluding hydrogens is 552 g/mol. The number of imidazole rings is 1. The van der Waals surface area contributed by atoms with Crippen LogP contribution in [0.4, 0.5) is 5.69 Å². The maximum Gasteiger partial charge on any atom is 0.243 e. The number of anilines is 1. The molecule has 0 aliphatic carbocycles. The number of fused-ring (bicyclic) bond motifs is 1. The van der Waals surface area contributed by atoms with Gasteiger partial charge in [0, 0.05) is 24.8 Å². The Morgan fingerprint density at radius 1 is 0.925 bits per heavy atom. The van der Waals surface area contributed by atoms with Gasteiger partial charge < -0.3 is 19.5 Å². The molecule has 0 bridgehead atoms. The fourth-order valence-electron chi connectivity index (χ4n) is 4.30. The van der Waals surface area contributed by atoms with E-state index in [0.29, 0.717) is 52.2 Å². The minimum Gasteiger partial charge on any atom is -0.495 e. The van der Waals surface area contributed by atoms with Crippen LogP contribution >= 0.6 is 11.8 Å². The zero-order valence-electron chi connectivity index (χ0n) is 23.0. The van der Waals surface area contributed by atoms with Crippen LogP contribution in [-0.4, -0.2) is 68.4 Å². The topological polar surface area (TPSA) is 112 Å². The predicted molar refractivity (Wildman–Crippen MR) is 157 cm³/mol.